The van der Waals surface area contributed by atoms with Crippen molar-refractivity contribution < 1.29 is 0 Å². The molecule has 21 heavy (non-hydrogen) atoms. The molecule has 0 spiro atoms. The Morgan fingerprint density at radius 2 is 1.95 bits per heavy atom. The molecule has 1 fully saturated rings. The van der Waals surface area contributed by atoms with Crippen molar-refractivity contribution >= 4 is 15.9 Å². The Kier molecular flexibility index (Phi) is 3.98. The molecule has 1 N–H and O–H groups in total. The van der Waals surface area contributed by atoms with E-state index in [2.05, 4.69) is 46.0 Å². The van der Waals surface area contributed by atoms with Gasteiger partial charge in [0.1, 0.15) is 10.3 Å². The van der Waals surface area contributed by atoms with Gasteiger partial charge in [-0.25, -0.2) is 4.98 Å². The van der Waals surface area contributed by atoms with E-state index in [4.69, 9.17) is 4.98 Å². The first kappa shape index (κ1) is 14.5. The molecule has 0 atom stereocenters. The molecule has 4 heteroatoms. The number of rotatable bonds is 2. The quantitative estimate of drug-likeness (QED) is 0.871. The van der Waals surface area contributed by atoms with Gasteiger partial charge in [-0.2, -0.15) is 0 Å². The Hall–Kier alpha value is -1.42. The smallest absolute Gasteiger partial charge is 0.265 e. The largest absolute Gasteiger partial charge is 0.306 e. The second-order valence-electron chi connectivity index (χ2n) is 5.91. The molecule has 1 aliphatic carbocycles. The summed E-state index contributed by atoms with van der Waals surface area (Å²) in [5.41, 5.74) is 4.15. The average Bonchev–Trinajstić information content (AvgIpc) is 2.98. The van der Waals surface area contributed by atoms with E-state index in [0.29, 0.717) is 16.2 Å². The highest BCUT2D eigenvalue weighted by Gasteiger charge is 2.23. The lowest BCUT2D eigenvalue weighted by atomic mass is 10.0. The van der Waals surface area contributed by atoms with Crippen LogP contribution in [-0.2, 0) is 0 Å². The standard InChI is InChI=1S/C17H19BrN2O/c1-10-7-8-11(2)13(9-10)16-19-15(12-5-3-4-6-12)14(18)17(21)20-16/h7-9,12H,3-6H2,1-2H3,(H,19,20,21). The lowest BCUT2D eigenvalue weighted by molar-refractivity contribution is 0.688. The molecule has 1 saturated carbocycles. The van der Waals surface area contributed by atoms with E-state index in [1.165, 1.54) is 18.4 Å². The van der Waals surface area contributed by atoms with Gasteiger partial charge < -0.3 is 4.98 Å². The number of halogens is 1. The predicted octanol–water partition coefficient (Wildman–Crippen LogP) is 4.47. The molecule has 0 saturated heterocycles. The van der Waals surface area contributed by atoms with Crippen LogP contribution in [0.15, 0.2) is 27.5 Å². The van der Waals surface area contributed by atoms with Gasteiger partial charge in [-0.05, 0) is 54.2 Å². The number of aromatic nitrogens is 2. The molecule has 110 valence electrons. The predicted molar refractivity (Wildman–Crippen MR) is 88.7 cm³/mol. The first-order valence-electron chi connectivity index (χ1n) is 7.43. The average molecular weight is 347 g/mol. The number of benzene rings is 1. The van der Waals surface area contributed by atoms with Crippen LogP contribution in [0.25, 0.3) is 11.4 Å². The topological polar surface area (TPSA) is 45.8 Å². The lowest BCUT2D eigenvalue weighted by Crippen LogP contribution is -2.15. The zero-order valence-electron chi connectivity index (χ0n) is 12.4. The lowest BCUT2D eigenvalue weighted by Gasteiger charge is -2.13. The Balaban J connectivity index is 2.15. The maximum atomic E-state index is 12.2. The summed E-state index contributed by atoms with van der Waals surface area (Å²) in [5, 5.41) is 0. The van der Waals surface area contributed by atoms with Crippen LogP contribution in [0.2, 0.25) is 0 Å². The minimum absolute atomic E-state index is 0.0807. The van der Waals surface area contributed by atoms with E-state index in [-0.39, 0.29) is 5.56 Å². The number of aryl methyl sites for hydroxylation is 2. The third kappa shape index (κ3) is 2.82. The second kappa shape index (κ2) is 5.76. The number of nitrogens with zero attached hydrogens (tertiary/aromatic N) is 1. The first-order valence-corrected chi connectivity index (χ1v) is 8.23. The molecule has 3 nitrogen and oxygen atoms in total. The summed E-state index contributed by atoms with van der Waals surface area (Å²) in [7, 11) is 0. The van der Waals surface area contributed by atoms with Gasteiger partial charge in [0.2, 0.25) is 0 Å². The van der Waals surface area contributed by atoms with E-state index in [1.54, 1.807) is 0 Å². The van der Waals surface area contributed by atoms with Crippen molar-refractivity contribution in [2.45, 2.75) is 45.4 Å². The molecular weight excluding hydrogens is 328 g/mol. The SMILES string of the molecule is Cc1ccc(C)c(-c2nc(C3CCCC3)c(Br)c(=O)[nH]2)c1. The second-order valence-corrected chi connectivity index (χ2v) is 6.71. The molecule has 0 amide bonds. The highest BCUT2D eigenvalue weighted by atomic mass is 79.9. The van der Waals surface area contributed by atoms with Gasteiger partial charge >= 0.3 is 0 Å². The van der Waals surface area contributed by atoms with E-state index >= 15 is 0 Å². The fourth-order valence-electron chi connectivity index (χ4n) is 3.06. The number of hydrogen-bond donors (Lipinski definition) is 1. The van der Waals surface area contributed by atoms with Crippen LogP contribution in [0, 0.1) is 13.8 Å². The fraction of sp³-hybridized carbons (Fsp3) is 0.412. The Morgan fingerprint density at radius 1 is 1.24 bits per heavy atom. The third-order valence-corrected chi connectivity index (χ3v) is 5.04. The zero-order valence-corrected chi connectivity index (χ0v) is 14.0. The zero-order chi connectivity index (χ0) is 15.0. The third-order valence-electron chi connectivity index (χ3n) is 4.28. The molecule has 1 aromatic carbocycles. The van der Waals surface area contributed by atoms with Gasteiger partial charge in [0.25, 0.3) is 5.56 Å². The van der Waals surface area contributed by atoms with Crippen LogP contribution in [0.3, 0.4) is 0 Å². The Bertz CT molecular complexity index is 730. The molecule has 2 aromatic rings. The molecule has 0 radical (unpaired) electrons. The summed E-state index contributed by atoms with van der Waals surface area (Å²) >= 11 is 3.42. The van der Waals surface area contributed by atoms with Crippen molar-refractivity contribution in [2.75, 3.05) is 0 Å². The summed E-state index contributed by atoms with van der Waals surface area (Å²) in [5.74, 6) is 1.09. The van der Waals surface area contributed by atoms with Crippen molar-refractivity contribution in [1.82, 2.24) is 9.97 Å². The van der Waals surface area contributed by atoms with Gasteiger partial charge in [0.05, 0.1) is 5.69 Å². The van der Waals surface area contributed by atoms with E-state index < -0.39 is 0 Å². The molecule has 1 aromatic heterocycles. The van der Waals surface area contributed by atoms with Crippen LogP contribution >= 0.6 is 15.9 Å². The van der Waals surface area contributed by atoms with Crippen LogP contribution in [0.1, 0.15) is 48.4 Å². The Labute approximate surface area is 133 Å². The summed E-state index contributed by atoms with van der Waals surface area (Å²) < 4.78 is 0.600. The van der Waals surface area contributed by atoms with Gasteiger partial charge in [0, 0.05) is 11.5 Å². The van der Waals surface area contributed by atoms with Gasteiger partial charge in [0.15, 0.2) is 0 Å². The normalized spacial score (nSPS) is 15.6. The number of hydrogen-bond acceptors (Lipinski definition) is 2. The molecule has 0 aliphatic heterocycles. The number of H-pyrrole nitrogens is 1. The number of nitrogens with one attached hydrogen (secondary N) is 1. The molecule has 3 rings (SSSR count). The van der Waals surface area contributed by atoms with Crippen LogP contribution in [-0.4, -0.2) is 9.97 Å². The van der Waals surface area contributed by atoms with E-state index in [9.17, 15) is 4.79 Å². The molecular formula is C17H19BrN2O. The van der Waals surface area contributed by atoms with Crippen LogP contribution in [0.5, 0.6) is 0 Å². The van der Waals surface area contributed by atoms with Gasteiger partial charge in [-0.15, -0.1) is 0 Å². The molecule has 0 bridgehead atoms. The fourth-order valence-corrected chi connectivity index (χ4v) is 3.58. The highest BCUT2D eigenvalue weighted by molar-refractivity contribution is 9.10. The van der Waals surface area contributed by atoms with E-state index in [1.807, 2.05) is 6.92 Å². The summed E-state index contributed by atoms with van der Waals surface area (Å²) in [6, 6.07) is 6.23. The van der Waals surface area contributed by atoms with Crippen molar-refractivity contribution in [3.05, 3.63) is 49.8 Å². The Morgan fingerprint density at radius 3 is 2.67 bits per heavy atom. The van der Waals surface area contributed by atoms with Crippen molar-refractivity contribution in [3.63, 3.8) is 0 Å². The van der Waals surface area contributed by atoms with Crippen molar-refractivity contribution in [3.8, 4) is 11.4 Å². The molecule has 1 heterocycles. The maximum Gasteiger partial charge on any atom is 0.265 e. The van der Waals surface area contributed by atoms with Crippen molar-refractivity contribution in [2.24, 2.45) is 0 Å². The minimum Gasteiger partial charge on any atom is -0.306 e. The summed E-state index contributed by atoms with van der Waals surface area (Å²) in [6.45, 7) is 4.10. The van der Waals surface area contributed by atoms with Gasteiger partial charge in [-0.3, -0.25) is 4.79 Å². The summed E-state index contributed by atoms with van der Waals surface area (Å²) in [6.07, 6.45) is 4.71. The molecule has 0 unspecified atom stereocenters. The maximum absolute atomic E-state index is 12.2. The van der Waals surface area contributed by atoms with E-state index in [0.717, 1.165) is 29.7 Å². The minimum atomic E-state index is -0.0807. The first-order chi connectivity index (χ1) is 10.1. The monoisotopic (exact) mass is 346 g/mol. The summed E-state index contributed by atoms with van der Waals surface area (Å²) in [4.78, 5) is 19.9. The molecule has 1 aliphatic rings. The van der Waals surface area contributed by atoms with Crippen molar-refractivity contribution in [1.29, 1.82) is 0 Å². The number of aromatic amines is 1. The van der Waals surface area contributed by atoms with Crippen LogP contribution in [0.4, 0.5) is 0 Å². The highest BCUT2D eigenvalue weighted by Crippen LogP contribution is 2.36. The van der Waals surface area contributed by atoms with Crippen LogP contribution < -0.4 is 5.56 Å². The van der Waals surface area contributed by atoms with Gasteiger partial charge in [-0.1, -0.05) is 30.5 Å².